The van der Waals surface area contributed by atoms with E-state index in [2.05, 4.69) is 18.9 Å². The van der Waals surface area contributed by atoms with Crippen LogP contribution in [0, 0.1) is 11.6 Å². The zero-order chi connectivity index (χ0) is 44.0. The molecule has 0 amide bonds. The molecule has 0 aliphatic carbocycles. The summed E-state index contributed by atoms with van der Waals surface area (Å²) in [6, 6.07) is 14.2. The van der Waals surface area contributed by atoms with Gasteiger partial charge < -0.3 is 9.83 Å². The lowest BCUT2D eigenvalue weighted by Gasteiger charge is -2.20. The third kappa shape index (κ3) is 9.51. The molecule has 60 heavy (non-hydrogen) atoms. The maximum atomic E-state index is 14.8. The Morgan fingerprint density at radius 3 is 1.33 bits per heavy atom. The van der Waals surface area contributed by atoms with Crippen LogP contribution in [0.15, 0.2) is 125 Å². The number of halogens is 6. The highest BCUT2D eigenvalue weighted by Gasteiger charge is 2.32. The lowest BCUT2D eigenvalue weighted by Crippen LogP contribution is -2.29. The van der Waals surface area contributed by atoms with Crippen molar-refractivity contribution in [2.45, 2.75) is 23.1 Å². The van der Waals surface area contributed by atoms with Crippen LogP contribution in [-0.4, -0.2) is 47.4 Å². The fourth-order valence-corrected chi connectivity index (χ4v) is 15.2. The van der Waals surface area contributed by atoms with E-state index < -0.39 is 91.7 Å². The number of nitrogens with one attached hydrogen (secondary N) is 4. The van der Waals surface area contributed by atoms with Crippen molar-refractivity contribution in [2.75, 3.05) is 18.9 Å². The predicted molar refractivity (Wildman–Crippen MR) is 232 cm³/mol. The number of sulfonamides is 3. The normalized spacial score (nSPS) is 13.3. The van der Waals surface area contributed by atoms with Crippen LogP contribution >= 0.6 is 69.1 Å². The molecule has 6 aromatic rings. The van der Waals surface area contributed by atoms with E-state index in [-0.39, 0.29) is 39.9 Å². The zero-order valence-corrected chi connectivity index (χ0v) is 37.8. The number of hydrogen-bond donors (Lipinski definition) is 5. The van der Waals surface area contributed by atoms with E-state index in [0.717, 1.165) is 77.3 Å². The van der Waals surface area contributed by atoms with Gasteiger partial charge in [-0.25, -0.2) is 46.7 Å². The zero-order valence-electron chi connectivity index (χ0n) is 29.1. The molecule has 2 heterocycles. The van der Waals surface area contributed by atoms with E-state index in [1.807, 2.05) is 0 Å². The molecule has 0 aliphatic heterocycles. The Bertz CT molecular complexity index is 3240. The molecule has 0 saturated carbocycles. The first-order valence-electron chi connectivity index (χ1n) is 15.8. The molecule has 1 atom stereocenters. The minimum atomic E-state index is -5.20. The summed E-state index contributed by atoms with van der Waals surface area (Å²) in [5.41, 5.74) is -1.68. The predicted octanol–water partition coefficient (Wildman–Crippen LogP) is 8.89. The van der Waals surface area contributed by atoms with Gasteiger partial charge >= 0.3 is 0 Å². The molecule has 6 rings (SSSR count). The van der Waals surface area contributed by atoms with E-state index in [1.54, 1.807) is 0 Å². The average Bonchev–Trinajstić information content (AvgIpc) is 3.93. The van der Waals surface area contributed by atoms with Crippen molar-refractivity contribution in [3.63, 3.8) is 0 Å². The van der Waals surface area contributed by atoms with Crippen molar-refractivity contribution in [3.05, 3.63) is 133 Å². The van der Waals surface area contributed by atoms with Gasteiger partial charge in [0.05, 0.1) is 57.5 Å². The van der Waals surface area contributed by atoms with Gasteiger partial charge in [-0.3, -0.25) is 14.2 Å². The quantitative estimate of drug-likeness (QED) is 0.0691. The molecule has 318 valence electrons. The molecule has 0 fully saturated rings. The molecule has 27 heteroatoms. The van der Waals surface area contributed by atoms with Gasteiger partial charge in [-0.2, -0.15) is 0 Å². The number of hydrogen-bond acceptors (Lipinski definition) is 11. The summed E-state index contributed by atoms with van der Waals surface area (Å²) in [7, 11) is -23.4. The fraction of sp³-hybridized carbons (Fsp3) is 0. The number of anilines is 4. The maximum Gasteiger partial charge on any atom is 0.271 e. The number of aliphatic hydroxyl groups is 1. The van der Waals surface area contributed by atoms with Crippen LogP contribution in [0.1, 0.15) is 0 Å². The third-order valence-electron chi connectivity index (χ3n) is 7.77. The Morgan fingerprint density at radius 1 is 0.483 bits per heavy atom. The number of thiophene rings is 2. The SMILES string of the molecule is O=S(=O)(Nc1cc(Cl)c(Cl)cc1NS(=O)(=O)c1cccs1)c1ccc(S(=O)(=O)C(O)=S(=O)(Nc2cc(Cl)c(Cl)cc2NS(=O)(=O)c2ccc(F)c(F)c2)c2cccs2)cc1. The molecule has 5 N–H and O–H groups in total. The first-order valence-corrected chi connectivity index (χ1v) is 26.5. The van der Waals surface area contributed by atoms with Crippen molar-refractivity contribution >= 4 is 146 Å². The third-order valence-corrected chi connectivity index (χ3v) is 20.8. The summed E-state index contributed by atoms with van der Waals surface area (Å²) >= 11 is 26.2. The molecule has 0 aliphatic rings. The molecule has 2 aromatic heterocycles. The number of rotatable bonds is 13. The highest BCUT2D eigenvalue weighted by atomic mass is 35.5. The molecule has 0 spiro atoms. The van der Waals surface area contributed by atoms with E-state index in [0.29, 0.717) is 12.1 Å². The molecular formula is C33H22Cl4F2N4O10S7. The Labute approximate surface area is 369 Å². The van der Waals surface area contributed by atoms with Gasteiger partial charge in [0.25, 0.3) is 30.1 Å². The number of aliphatic hydroxyl groups excluding tert-OH is 1. The van der Waals surface area contributed by atoms with Gasteiger partial charge in [0.2, 0.25) is 14.2 Å². The van der Waals surface area contributed by atoms with Crippen LogP contribution in [0.5, 0.6) is 0 Å². The van der Waals surface area contributed by atoms with E-state index >= 15 is 0 Å². The summed E-state index contributed by atoms with van der Waals surface area (Å²) in [4.78, 5) is -2.08. The Balaban J connectivity index is 1.36. The van der Waals surface area contributed by atoms with Crippen molar-refractivity contribution in [2.24, 2.45) is 0 Å². The highest BCUT2D eigenvalue weighted by Crippen LogP contribution is 2.38. The average molecular weight is 1040 g/mol. The molecule has 0 saturated heterocycles. The summed E-state index contributed by atoms with van der Waals surface area (Å²) in [6.07, 6.45) is 0. The Morgan fingerprint density at radius 2 is 0.883 bits per heavy atom. The lowest BCUT2D eigenvalue weighted by molar-refractivity contribution is 0.504. The monoisotopic (exact) mass is 1040 g/mol. The number of sulfone groups is 1. The lowest BCUT2D eigenvalue weighted by atomic mass is 10.3. The van der Waals surface area contributed by atoms with Gasteiger partial charge in [-0.15, -0.1) is 22.7 Å². The Kier molecular flexibility index (Phi) is 13.1. The summed E-state index contributed by atoms with van der Waals surface area (Å²) in [5, 5.41) is 13.5. The minimum absolute atomic E-state index is 0.0980. The van der Waals surface area contributed by atoms with E-state index in [9.17, 15) is 51.8 Å². The first-order chi connectivity index (χ1) is 27.9. The van der Waals surface area contributed by atoms with Crippen molar-refractivity contribution < 1.29 is 51.8 Å². The maximum absolute atomic E-state index is 14.8. The van der Waals surface area contributed by atoms with Crippen LogP contribution in [0.25, 0.3) is 0 Å². The van der Waals surface area contributed by atoms with E-state index in [1.165, 1.54) is 35.0 Å². The molecule has 0 bridgehead atoms. The number of benzene rings is 4. The van der Waals surface area contributed by atoms with Crippen molar-refractivity contribution in [1.29, 1.82) is 0 Å². The highest BCUT2D eigenvalue weighted by molar-refractivity contribution is 8.24. The molecule has 4 aromatic carbocycles. The molecular weight excluding hydrogens is 1020 g/mol. The standard InChI is InChI=1S/C33H22Cl4F2N4O10S7/c34-21-14-27(28(15-22(21)35)42-59(50,51)20-9-10-25(38)26(39)13-20)40-56(45,31-3-1-11-54-31)33(44)57(46,47)18-5-7-19(8-6-18)58(48,49)41-29-16-23(36)24(37)17-30(29)43-60(52,53)32-4-2-12-55-32/h1-17,41-44H,(H,40,45). The first kappa shape index (κ1) is 45.8. The second-order valence-electron chi connectivity index (χ2n) is 11.8. The van der Waals surface area contributed by atoms with Crippen LogP contribution in [-0.2, 0) is 49.6 Å². The van der Waals surface area contributed by atoms with E-state index in [4.69, 9.17) is 46.4 Å². The fourth-order valence-electron chi connectivity index (χ4n) is 4.91. The van der Waals surface area contributed by atoms with Crippen LogP contribution in [0.3, 0.4) is 0 Å². The van der Waals surface area contributed by atoms with Gasteiger partial charge in [0, 0.05) is 0 Å². The van der Waals surface area contributed by atoms with Gasteiger partial charge in [0.1, 0.15) is 18.1 Å². The second-order valence-corrected chi connectivity index (χ2v) is 25.1. The van der Waals surface area contributed by atoms with Gasteiger partial charge in [0.15, 0.2) is 11.6 Å². The van der Waals surface area contributed by atoms with Gasteiger partial charge in [-0.1, -0.05) is 58.5 Å². The van der Waals surface area contributed by atoms with Gasteiger partial charge in [-0.05, 0) is 89.6 Å². The molecule has 0 radical (unpaired) electrons. The summed E-state index contributed by atoms with van der Waals surface area (Å²) in [6.45, 7) is 0. The van der Waals surface area contributed by atoms with Crippen LogP contribution in [0.4, 0.5) is 31.5 Å². The van der Waals surface area contributed by atoms with Crippen molar-refractivity contribution in [1.82, 2.24) is 0 Å². The van der Waals surface area contributed by atoms with Crippen LogP contribution in [0.2, 0.25) is 20.1 Å². The molecule has 1 unspecified atom stereocenters. The minimum Gasteiger partial charge on any atom is -0.343 e. The molecule has 14 nitrogen and oxygen atoms in total. The topological polar surface area (TPSA) is 222 Å². The Hall–Kier alpha value is -3.72. The van der Waals surface area contributed by atoms with Crippen molar-refractivity contribution in [3.8, 4) is 0 Å². The largest absolute Gasteiger partial charge is 0.343 e. The second kappa shape index (κ2) is 17.2. The van der Waals surface area contributed by atoms with Crippen LogP contribution < -0.4 is 18.9 Å². The smallest absolute Gasteiger partial charge is 0.271 e. The summed E-state index contributed by atoms with van der Waals surface area (Å²) < 4.78 is 156. The summed E-state index contributed by atoms with van der Waals surface area (Å²) in [5.74, 6) is -2.83.